The monoisotopic (exact) mass is 311 g/mol. The molecular weight excluding hydrogens is 286 g/mol. The molecular formula is C19H25N3O. The number of carbonyl (C=O) groups excluding carboxylic acids is 1. The fourth-order valence-corrected chi connectivity index (χ4v) is 2.32. The van der Waals surface area contributed by atoms with Crippen LogP contribution in [0.4, 0.5) is 5.82 Å². The van der Waals surface area contributed by atoms with E-state index >= 15 is 0 Å². The summed E-state index contributed by atoms with van der Waals surface area (Å²) in [6.07, 6.45) is 4.78. The molecule has 0 saturated heterocycles. The van der Waals surface area contributed by atoms with Gasteiger partial charge in [-0.25, -0.2) is 4.98 Å². The molecule has 1 amide bonds. The standard InChI is InChI=1S/C19H25N3O/c1-3-4-14-22(2)18-11-10-17(15-21-18)19(23)20-13-12-16-8-6-5-7-9-16/h5-11,15H,3-4,12-14H2,1-2H3,(H,20,23). The molecule has 23 heavy (non-hydrogen) atoms. The Kier molecular flexibility index (Phi) is 6.60. The highest BCUT2D eigenvalue weighted by Crippen LogP contribution is 2.10. The van der Waals surface area contributed by atoms with Crippen LogP contribution in [0.5, 0.6) is 0 Å². The zero-order valence-corrected chi connectivity index (χ0v) is 14.0. The fourth-order valence-electron chi connectivity index (χ4n) is 2.32. The van der Waals surface area contributed by atoms with Crippen molar-refractivity contribution >= 4 is 11.7 Å². The molecule has 4 heteroatoms. The predicted molar refractivity (Wildman–Crippen MR) is 94.9 cm³/mol. The zero-order chi connectivity index (χ0) is 16.5. The molecule has 0 aliphatic rings. The zero-order valence-electron chi connectivity index (χ0n) is 14.0. The van der Waals surface area contributed by atoms with E-state index in [-0.39, 0.29) is 5.91 Å². The van der Waals surface area contributed by atoms with Crippen LogP contribution in [0.2, 0.25) is 0 Å². The van der Waals surface area contributed by atoms with Gasteiger partial charge in [0.25, 0.3) is 5.91 Å². The number of pyridine rings is 1. The Morgan fingerprint density at radius 3 is 2.61 bits per heavy atom. The van der Waals surface area contributed by atoms with E-state index < -0.39 is 0 Å². The second kappa shape index (κ2) is 8.93. The Balaban J connectivity index is 1.82. The number of unbranched alkanes of at least 4 members (excludes halogenated alkanes) is 1. The van der Waals surface area contributed by atoms with Gasteiger partial charge in [0.2, 0.25) is 0 Å². The summed E-state index contributed by atoms with van der Waals surface area (Å²) in [4.78, 5) is 18.6. The molecule has 2 aromatic rings. The molecule has 0 atom stereocenters. The van der Waals surface area contributed by atoms with Gasteiger partial charge in [-0.1, -0.05) is 43.7 Å². The highest BCUT2D eigenvalue weighted by atomic mass is 16.1. The van der Waals surface area contributed by atoms with E-state index in [2.05, 4.69) is 34.3 Å². The number of nitrogens with one attached hydrogen (secondary N) is 1. The van der Waals surface area contributed by atoms with Gasteiger partial charge in [0, 0.05) is 26.3 Å². The Hall–Kier alpha value is -2.36. The third-order valence-corrected chi connectivity index (χ3v) is 3.79. The Morgan fingerprint density at radius 1 is 1.17 bits per heavy atom. The number of amides is 1. The van der Waals surface area contributed by atoms with Crippen LogP contribution >= 0.6 is 0 Å². The molecule has 1 aromatic heterocycles. The minimum atomic E-state index is -0.0730. The Morgan fingerprint density at radius 2 is 1.96 bits per heavy atom. The smallest absolute Gasteiger partial charge is 0.252 e. The van der Waals surface area contributed by atoms with Crippen molar-refractivity contribution in [1.29, 1.82) is 0 Å². The van der Waals surface area contributed by atoms with Gasteiger partial charge in [-0.2, -0.15) is 0 Å². The molecule has 0 unspecified atom stereocenters. The minimum Gasteiger partial charge on any atom is -0.360 e. The average Bonchev–Trinajstić information content (AvgIpc) is 2.60. The van der Waals surface area contributed by atoms with Crippen LogP contribution in [0.15, 0.2) is 48.7 Å². The summed E-state index contributed by atoms with van der Waals surface area (Å²) >= 11 is 0. The van der Waals surface area contributed by atoms with Crippen molar-refractivity contribution in [3.05, 3.63) is 59.8 Å². The number of hydrogen-bond acceptors (Lipinski definition) is 3. The predicted octanol–water partition coefficient (Wildman–Crippen LogP) is 3.29. The van der Waals surface area contributed by atoms with E-state index in [1.807, 2.05) is 37.4 Å². The molecule has 0 bridgehead atoms. The van der Waals surface area contributed by atoms with Crippen molar-refractivity contribution in [1.82, 2.24) is 10.3 Å². The normalized spacial score (nSPS) is 10.3. The lowest BCUT2D eigenvalue weighted by Gasteiger charge is -2.17. The maximum Gasteiger partial charge on any atom is 0.252 e. The van der Waals surface area contributed by atoms with Gasteiger partial charge in [0.1, 0.15) is 5.82 Å². The largest absolute Gasteiger partial charge is 0.360 e. The van der Waals surface area contributed by atoms with Crippen LogP contribution in [0.1, 0.15) is 35.7 Å². The summed E-state index contributed by atoms with van der Waals surface area (Å²) in [5, 5.41) is 2.94. The first-order valence-electron chi connectivity index (χ1n) is 8.20. The van der Waals surface area contributed by atoms with Gasteiger partial charge in [-0.3, -0.25) is 4.79 Å². The summed E-state index contributed by atoms with van der Waals surface area (Å²) in [6.45, 7) is 3.78. The van der Waals surface area contributed by atoms with Crippen molar-refractivity contribution in [3.8, 4) is 0 Å². The molecule has 122 valence electrons. The number of nitrogens with zero attached hydrogens (tertiary/aromatic N) is 2. The van der Waals surface area contributed by atoms with Crippen LogP contribution in [-0.2, 0) is 6.42 Å². The molecule has 0 aliphatic heterocycles. The fraction of sp³-hybridized carbons (Fsp3) is 0.368. The van der Waals surface area contributed by atoms with Gasteiger partial charge in [-0.05, 0) is 30.5 Å². The van der Waals surface area contributed by atoms with E-state index in [9.17, 15) is 4.79 Å². The van der Waals surface area contributed by atoms with Gasteiger partial charge in [0.15, 0.2) is 0 Å². The Bertz CT molecular complexity index is 596. The van der Waals surface area contributed by atoms with Crippen LogP contribution in [0.25, 0.3) is 0 Å². The Labute approximate surface area is 138 Å². The number of aromatic nitrogens is 1. The molecule has 1 heterocycles. The molecule has 1 aromatic carbocycles. The second-order valence-electron chi connectivity index (χ2n) is 5.67. The number of anilines is 1. The molecule has 0 saturated carbocycles. The highest BCUT2D eigenvalue weighted by molar-refractivity contribution is 5.94. The molecule has 4 nitrogen and oxygen atoms in total. The molecule has 2 rings (SSSR count). The van der Waals surface area contributed by atoms with Crippen LogP contribution in [0, 0.1) is 0 Å². The SMILES string of the molecule is CCCCN(C)c1ccc(C(=O)NCCc2ccccc2)cn1. The molecule has 1 N–H and O–H groups in total. The van der Waals surface area contributed by atoms with Crippen molar-refractivity contribution in [2.24, 2.45) is 0 Å². The third kappa shape index (κ3) is 5.40. The highest BCUT2D eigenvalue weighted by Gasteiger charge is 2.07. The quantitative estimate of drug-likeness (QED) is 0.813. The first kappa shape index (κ1) is 17.0. The maximum atomic E-state index is 12.1. The van der Waals surface area contributed by atoms with Crippen LogP contribution in [0.3, 0.4) is 0 Å². The van der Waals surface area contributed by atoms with E-state index in [0.717, 1.165) is 31.6 Å². The summed E-state index contributed by atoms with van der Waals surface area (Å²) < 4.78 is 0. The molecule has 0 fully saturated rings. The van der Waals surface area contributed by atoms with Gasteiger partial charge >= 0.3 is 0 Å². The first-order chi connectivity index (χ1) is 11.2. The summed E-state index contributed by atoms with van der Waals surface area (Å²) in [5.41, 5.74) is 1.82. The van der Waals surface area contributed by atoms with Gasteiger partial charge in [-0.15, -0.1) is 0 Å². The van der Waals surface area contributed by atoms with E-state index in [1.54, 1.807) is 6.20 Å². The van der Waals surface area contributed by atoms with E-state index in [1.165, 1.54) is 5.56 Å². The molecule has 0 aliphatic carbocycles. The van der Waals surface area contributed by atoms with Crippen LogP contribution < -0.4 is 10.2 Å². The first-order valence-corrected chi connectivity index (χ1v) is 8.20. The topological polar surface area (TPSA) is 45.2 Å². The van der Waals surface area contributed by atoms with Gasteiger partial charge < -0.3 is 10.2 Å². The summed E-state index contributed by atoms with van der Waals surface area (Å²) in [6, 6.07) is 13.9. The number of benzene rings is 1. The average molecular weight is 311 g/mol. The maximum absolute atomic E-state index is 12.1. The third-order valence-electron chi connectivity index (χ3n) is 3.79. The van der Waals surface area contributed by atoms with Gasteiger partial charge in [0.05, 0.1) is 5.56 Å². The minimum absolute atomic E-state index is 0.0730. The van der Waals surface area contributed by atoms with E-state index in [4.69, 9.17) is 0 Å². The lowest BCUT2D eigenvalue weighted by molar-refractivity contribution is 0.0954. The van der Waals surface area contributed by atoms with Crippen LogP contribution in [-0.4, -0.2) is 31.0 Å². The lowest BCUT2D eigenvalue weighted by atomic mass is 10.1. The molecule has 0 radical (unpaired) electrons. The van der Waals surface area contributed by atoms with Crippen molar-refractivity contribution < 1.29 is 4.79 Å². The number of carbonyl (C=O) groups is 1. The van der Waals surface area contributed by atoms with E-state index in [0.29, 0.717) is 12.1 Å². The summed E-state index contributed by atoms with van der Waals surface area (Å²) in [5.74, 6) is 0.829. The number of rotatable bonds is 8. The van der Waals surface area contributed by atoms with Crippen molar-refractivity contribution in [3.63, 3.8) is 0 Å². The lowest BCUT2D eigenvalue weighted by Crippen LogP contribution is -2.26. The molecule has 0 spiro atoms. The van der Waals surface area contributed by atoms with Crippen molar-refractivity contribution in [2.45, 2.75) is 26.2 Å². The van der Waals surface area contributed by atoms with Crippen molar-refractivity contribution in [2.75, 3.05) is 25.0 Å². The number of hydrogen-bond donors (Lipinski definition) is 1. The summed E-state index contributed by atoms with van der Waals surface area (Å²) in [7, 11) is 2.03. The second-order valence-corrected chi connectivity index (χ2v) is 5.67.